The lowest BCUT2D eigenvalue weighted by Crippen LogP contribution is -2.38. The largest absolute Gasteiger partial charge is 0.304 e. The molecule has 0 amide bonds. The second-order valence-electron chi connectivity index (χ2n) is 6.06. The van der Waals surface area contributed by atoms with Crippen molar-refractivity contribution in [3.63, 3.8) is 0 Å². The number of aromatic nitrogens is 3. The first-order valence-corrected chi connectivity index (χ1v) is 10.1. The molecule has 0 aliphatic carbocycles. The summed E-state index contributed by atoms with van der Waals surface area (Å²) in [5, 5.41) is 16.0. The average molecular weight is 395 g/mol. The van der Waals surface area contributed by atoms with Gasteiger partial charge in [0.05, 0.1) is 10.5 Å². The Morgan fingerprint density at radius 2 is 2.12 bits per heavy atom. The van der Waals surface area contributed by atoms with E-state index in [2.05, 4.69) is 10.2 Å². The Bertz CT molecular complexity index is 1010. The molecule has 1 fully saturated rings. The number of aromatic amines is 1. The van der Waals surface area contributed by atoms with Crippen molar-refractivity contribution in [3.05, 3.63) is 40.2 Å². The third-order valence-electron chi connectivity index (χ3n) is 4.62. The Balaban J connectivity index is 1.79. The van der Waals surface area contributed by atoms with Gasteiger partial charge in [0.15, 0.2) is 4.77 Å². The number of sulfonamides is 1. The van der Waals surface area contributed by atoms with E-state index in [1.165, 1.54) is 10.4 Å². The Morgan fingerprint density at radius 3 is 2.73 bits per heavy atom. The minimum absolute atomic E-state index is 0.0647. The van der Waals surface area contributed by atoms with Crippen LogP contribution in [-0.4, -0.2) is 40.6 Å². The first-order valence-electron chi connectivity index (χ1n) is 8.23. The van der Waals surface area contributed by atoms with Gasteiger partial charge >= 0.3 is 0 Å². The molecular weight excluding hydrogens is 377 g/mol. The van der Waals surface area contributed by atoms with Gasteiger partial charge in [0.2, 0.25) is 10.0 Å². The van der Waals surface area contributed by atoms with E-state index in [-0.39, 0.29) is 16.4 Å². The van der Waals surface area contributed by atoms with Crippen molar-refractivity contribution in [1.29, 1.82) is 5.26 Å². The van der Waals surface area contributed by atoms with Crippen LogP contribution >= 0.6 is 12.2 Å². The third-order valence-corrected chi connectivity index (χ3v) is 6.83. The number of H-pyrrole nitrogens is 1. The van der Waals surface area contributed by atoms with Gasteiger partial charge in [0.25, 0.3) is 0 Å². The molecule has 0 bridgehead atoms. The predicted molar refractivity (Wildman–Crippen MR) is 94.9 cm³/mol. The first kappa shape index (κ1) is 18.7. The Kier molecular flexibility index (Phi) is 5.22. The molecule has 2 aromatic rings. The van der Waals surface area contributed by atoms with E-state index in [0.29, 0.717) is 37.2 Å². The quantitative estimate of drug-likeness (QED) is 0.803. The molecule has 1 aromatic heterocycles. The zero-order chi connectivity index (χ0) is 18.9. The second kappa shape index (κ2) is 7.26. The van der Waals surface area contributed by atoms with Crippen LogP contribution < -0.4 is 0 Å². The van der Waals surface area contributed by atoms with Gasteiger partial charge in [-0.3, -0.25) is 5.10 Å². The van der Waals surface area contributed by atoms with Gasteiger partial charge < -0.3 is 4.57 Å². The number of nitrogens with zero attached hydrogens (tertiary/aromatic N) is 4. The summed E-state index contributed by atoms with van der Waals surface area (Å²) in [5.41, 5.74) is -0.278. The van der Waals surface area contributed by atoms with Crippen LogP contribution in [0.1, 0.15) is 37.1 Å². The fourth-order valence-corrected chi connectivity index (χ4v) is 4.97. The van der Waals surface area contributed by atoms with Crippen LogP contribution in [-0.2, 0) is 16.6 Å². The van der Waals surface area contributed by atoms with E-state index in [4.69, 9.17) is 17.5 Å². The molecule has 138 valence electrons. The van der Waals surface area contributed by atoms with E-state index in [1.807, 2.05) is 11.5 Å². The zero-order valence-electron chi connectivity index (χ0n) is 14.1. The topological polar surface area (TPSA) is 94.8 Å². The Morgan fingerprint density at radius 1 is 1.42 bits per heavy atom. The molecule has 2 heterocycles. The third kappa shape index (κ3) is 3.30. The molecule has 0 saturated carbocycles. The number of nitrogens with one attached hydrogen (secondary N) is 1. The number of halogens is 1. The maximum Gasteiger partial charge on any atom is 0.243 e. The summed E-state index contributed by atoms with van der Waals surface area (Å²) >= 11 is 5.20. The summed E-state index contributed by atoms with van der Waals surface area (Å²) in [6.45, 7) is 3.34. The predicted octanol–water partition coefficient (Wildman–Crippen LogP) is 2.54. The molecular formula is C16H18FN5O2S2. The van der Waals surface area contributed by atoms with Crippen LogP contribution in [0.3, 0.4) is 0 Å². The molecule has 0 radical (unpaired) electrons. The molecule has 3 rings (SSSR count). The summed E-state index contributed by atoms with van der Waals surface area (Å²) in [6.07, 6.45) is 1.23. The fourth-order valence-electron chi connectivity index (χ4n) is 3.20. The lowest BCUT2D eigenvalue weighted by Gasteiger charge is -2.30. The summed E-state index contributed by atoms with van der Waals surface area (Å²) in [6, 6.07) is 4.96. The molecule has 1 N–H and O–H groups in total. The number of hydrogen-bond acceptors (Lipinski definition) is 5. The highest BCUT2D eigenvalue weighted by Crippen LogP contribution is 2.30. The summed E-state index contributed by atoms with van der Waals surface area (Å²) in [4.78, 5) is -0.0647. The van der Waals surface area contributed by atoms with Gasteiger partial charge in [-0.2, -0.15) is 14.7 Å². The fraction of sp³-hybridized carbons (Fsp3) is 0.438. The average Bonchev–Trinajstić information content (AvgIpc) is 3.02. The van der Waals surface area contributed by atoms with Gasteiger partial charge in [-0.25, -0.2) is 12.8 Å². The molecule has 1 aliphatic rings. The summed E-state index contributed by atoms with van der Waals surface area (Å²) < 4.78 is 42.9. The molecule has 0 unspecified atom stereocenters. The van der Waals surface area contributed by atoms with Gasteiger partial charge in [-0.1, -0.05) is 0 Å². The van der Waals surface area contributed by atoms with Crippen LogP contribution in [0.5, 0.6) is 0 Å². The molecule has 0 spiro atoms. The van der Waals surface area contributed by atoms with Crippen molar-refractivity contribution in [1.82, 2.24) is 19.1 Å². The number of piperidine rings is 1. The van der Waals surface area contributed by atoms with E-state index in [1.54, 1.807) is 6.07 Å². The molecule has 1 saturated heterocycles. The highest BCUT2D eigenvalue weighted by Gasteiger charge is 2.32. The minimum Gasteiger partial charge on any atom is -0.304 e. The van der Waals surface area contributed by atoms with Gasteiger partial charge in [0.1, 0.15) is 17.7 Å². The second-order valence-corrected chi connectivity index (χ2v) is 8.39. The van der Waals surface area contributed by atoms with Crippen LogP contribution in [0, 0.1) is 21.9 Å². The highest BCUT2D eigenvalue weighted by molar-refractivity contribution is 7.89. The van der Waals surface area contributed by atoms with Gasteiger partial charge in [-0.15, -0.1) is 0 Å². The standard InChI is InChI=1S/C16H18FN5O2S2/c1-2-22-15(19-20-16(22)25)11-5-7-21(8-6-11)26(23,24)13-3-4-14(17)12(9-13)10-18/h3-4,9,11H,2,5-8H2,1H3,(H,20,25). The van der Waals surface area contributed by atoms with Crippen LogP contribution in [0.25, 0.3) is 0 Å². The molecule has 1 aromatic carbocycles. The smallest absolute Gasteiger partial charge is 0.243 e. The number of nitriles is 1. The van der Waals surface area contributed by atoms with Crippen molar-refractivity contribution >= 4 is 22.2 Å². The van der Waals surface area contributed by atoms with Crippen LogP contribution in [0.15, 0.2) is 23.1 Å². The number of benzene rings is 1. The maximum atomic E-state index is 13.5. The Labute approximate surface area is 156 Å². The normalized spacial score (nSPS) is 16.5. The van der Waals surface area contributed by atoms with E-state index in [0.717, 1.165) is 18.0 Å². The first-order chi connectivity index (χ1) is 12.4. The molecule has 7 nitrogen and oxygen atoms in total. The zero-order valence-corrected chi connectivity index (χ0v) is 15.8. The summed E-state index contributed by atoms with van der Waals surface area (Å²) in [5.74, 6) is 0.243. The summed E-state index contributed by atoms with van der Waals surface area (Å²) in [7, 11) is -3.77. The van der Waals surface area contributed by atoms with E-state index < -0.39 is 15.8 Å². The number of hydrogen-bond donors (Lipinski definition) is 1. The lowest BCUT2D eigenvalue weighted by atomic mass is 9.97. The van der Waals surface area contributed by atoms with Crippen molar-refractivity contribution in [2.24, 2.45) is 0 Å². The van der Waals surface area contributed by atoms with Gasteiger partial charge in [0, 0.05) is 25.6 Å². The van der Waals surface area contributed by atoms with Crippen molar-refractivity contribution in [2.75, 3.05) is 13.1 Å². The minimum atomic E-state index is -3.77. The van der Waals surface area contributed by atoms with E-state index in [9.17, 15) is 12.8 Å². The highest BCUT2D eigenvalue weighted by atomic mass is 32.2. The molecule has 26 heavy (non-hydrogen) atoms. The number of rotatable bonds is 4. The van der Waals surface area contributed by atoms with Crippen molar-refractivity contribution in [3.8, 4) is 6.07 Å². The van der Waals surface area contributed by atoms with Crippen LogP contribution in [0.4, 0.5) is 4.39 Å². The molecule has 1 aliphatic heterocycles. The van der Waals surface area contributed by atoms with Crippen molar-refractivity contribution in [2.45, 2.75) is 37.1 Å². The lowest BCUT2D eigenvalue weighted by molar-refractivity contribution is 0.309. The molecule has 10 heteroatoms. The van der Waals surface area contributed by atoms with E-state index >= 15 is 0 Å². The Hall–Kier alpha value is -2.09. The van der Waals surface area contributed by atoms with Crippen LogP contribution in [0.2, 0.25) is 0 Å². The monoisotopic (exact) mass is 395 g/mol. The van der Waals surface area contributed by atoms with Gasteiger partial charge in [-0.05, 0) is 50.2 Å². The van der Waals surface area contributed by atoms with Crippen molar-refractivity contribution < 1.29 is 12.8 Å². The SMILES string of the molecule is CCn1c(C2CCN(S(=O)(=O)c3ccc(F)c(C#N)c3)CC2)n[nH]c1=S. The maximum absolute atomic E-state index is 13.5. The molecule has 0 atom stereocenters.